The quantitative estimate of drug-likeness (QED) is 0.835. The highest BCUT2D eigenvalue weighted by atomic mass is 35.5. The van der Waals surface area contributed by atoms with Crippen molar-refractivity contribution < 1.29 is 13.2 Å². The lowest BCUT2D eigenvalue weighted by Crippen LogP contribution is -2.14. The van der Waals surface area contributed by atoms with Crippen molar-refractivity contribution in [1.82, 2.24) is 4.98 Å². The predicted octanol–water partition coefficient (Wildman–Crippen LogP) is 3.19. The first kappa shape index (κ1) is 17.1. The van der Waals surface area contributed by atoms with Gasteiger partial charge in [-0.3, -0.25) is 4.72 Å². The van der Waals surface area contributed by atoms with Crippen LogP contribution in [0.4, 0.5) is 5.69 Å². The highest BCUT2D eigenvalue weighted by molar-refractivity contribution is 7.92. The molecule has 8 heteroatoms. The molecule has 23 heavy (non-hydrogen) atoms. The van der Waals surface area contributed by atoms with Crippen LogP contribution in [0.2, 0.25) is 5.15 Å². The number of nitrogens with one attached hydrogen (secondary N) is 1. The Balaban J connectivity index is 2.27. The number of halogens is 1. The molecule has 1 heterocycles. The van der Waals surface area contributed by atoms with E-state index in [4.69, 9.17) is 21.6 Å². The molecule has 2 aromatic rings. The molecule has 2 rings (SSSR count). The van der Waals surface area contributed by atoms with E-state index in [0.29, 0.717) is 5.75 Å². The summed E-state index contributed by atoms with van der Waals surface area (Å²) in [7, 11) is -3.84. The van der Waals surface area contributed by atoms with Crippen LogP contribution in [0.1, 0.15) is 19.4 Å². The van der Waals surface area contributed by atoms with Gasteiger partial charge in [0.25, 0.3) is 10.0 Å². The second-order valence-corrected chi connectivity index (χ2v) is 6.98. The Bertz CT molecular complexity index is 843. The van der Waals surface area contributed by atoms with E-state index >= 15 is 0 Å². The molecule has 0 fully saturated rings. The molecule has 0 aliphatic carbocycles. The Labute approximate surface area is 139 Å². The highest BCUT2D eigenvalue weighted by Gasteiger charge is 2.17. The number of sulfonamides is 1. The lowest BCUT2D eigenvalue weighted by atomic mass is 10.2. The summed E-state index contributed by atoms with van der Waals surface area (Å²) >= 11 is 5.69. The summed E-state index contributed by atoms with van der Waals surface area (Å²) < 4.78 is 32.5. The number of ether oxygens (including phenoxy) is 1. The number of benzene rings is 1. The molecule has 0 aliphatic heterocycles. The minimum Gasteiger partial charge on any atom is -0.491 e. The van der Waals surface area contributed by atoms with Gasteiger partial charge >= 0.3 is 0 Å². The Morgan fingerprint density at radius 1 is 1.30 bits per heavy atom. The molecule has 1 aromatic carbocycles. The van der Waals surface area contributed by atoms with E-state index in [1.54, 1.807) is 12.1 Å². The maximum absolute atomic E-state index is 12.4. The Morgan fingerprint density at radius 2 is 1.96 bits per heavy atom. The van der Waals surface area contributed by atoms with Crippen molar-refractivity contribution in [2.75, 3.05) is 4.72 Å². The third-order valence-corrected chi connectivity index (χ3v) is 4.33. The number of hydrogen-bond acceptors (Lipinski definition) is 5. The summed E-state index contributed by atoms with van der Waals surface area (Å²) in [6, 6.07) is 9.15. The van der Waals surface area contributed by atoms with Crippen LogP contribution in [0.25, 0.3) is 0 Å². The summed E-state index contributed by atoms with van der Waals surface area (Å²) in [5, 5.41) is 9.15. The van der Waals surface area contributed by atoms with Gasteiger partial charge in [0.1, 0.15) is 17.0 Å². The van der Waals surface area contributed by atoms with Crippen LogP contribution in [-0.4, -0.2) is 19.5 Å². The molecule has 0 unspecified atom stereocenters. The Hall–Kier alpha value is -2.30. The summed E-state index contributed by atoms with van der Waals surface area (Å²) in [6.45, 7) is 3.76. The molecule has 0 amide bonds. The van der Waals surface area contributed by atoms with Crippen molar-refractivity contribution in [3.05, 3.63) is 47.2 Å². The summed E-state index contributed by atoms with van der Waals surface area (Å²) in [5.74, 6) is 0.574. The summed E-state index contributed by atoms with van der Waals surface area (Å²) in [4.78, 5) is 3.83. The van der Waals surface area contributed by atoms with Gasteiger partial charge in [-0.25, -0.2) is 13.4 Å². The van der Waals surface area contributed by atoms with E-state index in [0.717, 1.165) is 0 Å². The fourth-order valence-corrected chi connectivity index (χ4v) is 3.00. The number of pyridine rings is 1. The van der Waals surface area contributed by atoms with Crippen molar-refractivity contribution >= 4 is 27.3 Å². The first-order valence-corrected chi connectivity index (χ1v) is 8.53. The largest absolute Gasteiger partial charge is 0.491 e. The zero-order valence-electron chi connectivity index (χ0n) is 12.4. The minimum atomic E-state index is -3.84. The summed E-state index contributed by atoms with van der Waals surface area (Å²) in [5.41, 5.74) is 0.160. The van der Waals surface area contributed by atoms with Crippen LogP contribution < -0.4 is 9.46 Å². The maximum Gasteiger partial charge on any atom is 0.261 e. The first-order chi connectivity index (χ1) is 10.8. The van der Waals surface area contributed by atoms with E-state index in [2.05, 4.69) is 9.71 Å². The maximum atomic E-state index is 12.4. The van der Waals surface area contributed by atoms with Gasteiger partial charge in [-0.1, -0.05) is 11.6 Å². The van der Waals surface area contributed by atoms with E-state index in [1.807, 2.05) is 19.9 Å². The molecule has 120 valence electrons. The molecule has 0 saturated heterocycles. The van der Waals surface area contributed by atoms with E-state index in [9.17, 15) is 8.42 Å². The van der Waals surface area contributed by atoms with Crippen LogP contribution in [0, 0.1) is 11.3 Å². The van der Waals surface area contributed by atoms with Crippen LogP contribution in [0.15, 0.2) is 41.4 Å². The van der Waals surface area contributed by atoms with Gasteiger partial charge in [0.2, 0.25) is 0 Å². The van der Waals surface area contributed by atoms with Crippen molar-refractivity contribution in [2.45, 2.75) is 24.8 Å². The third kappa shape index (κ3) is 4.34. The predicted molar refractivity (Wildman–Crippen MR) is 87.0 cm³/mol. The molecular weight excluding hydrogens is 338 g/mol. The van der Waals surface area contributed by atoms with Gasteiger partial charge in [0.15, 0.2) is 0 Å². The third-order valence-electron chi connectivity index (χ3n) is 2.74. The molecule has 0 aliphatic rings. The average Bonchev–Trinajstić information content (AvgIpc) is 2.49. The second-order valence-electron chi connectivity index (χ2n) is 4.91. The zero-order valence-corrected chi connectivity index (χ0v) is 14.0. The fourth-order valence-electron chi connectivity index (χ4n) is 1.78. The van der Waals surface area contributed by atoms with Crippen LogP contribution >= 0.6 is 11.6 Å². The SMILES string of the molecule is CC(C)Oc1ccc(S(=O)(=O)Nc2cnc(Cl)cc2C#N)cc1. The smallest absolute Gasteiger partial charge is 0.261 e. The molecule has 0 radical (unpaired) electrons. The van der Waals surface area contributed by atoms with E-state index in [1.165, 1.54) is 24.4 Å². The normalized spacial score (nSPS) is 11.1. The minimum absolute atomic E-state index is 0.00564. The monoisotopic (exact) mass is 351 g/mol. The second kappa shape index (κ2) is 6.86. The summed E-state index contributed by atoms with van der Waals surface area (Å²) in [6.07, 6.45) is 1.20. The number of hydrogen-bond donors (Lipinski definition) is 1. The fraction of sp³-hybridized carbons (Fsp3) is 0.200. The molecule has 0 saturated carbocycles. The molecular formula is C15H14ClN3O3S. The molecule has 0 spiro atoms. The van der Waals surface area contributed by atoms with Gasteiger partial charge in [0, 0.05) is 0 Å². The lowest BCUT2D eigenvalue weighted by molar-refractivity contribution is 0.242. The van der Waals surface area contributed by atoms with Crippen molar-refractivity contribution in [2.24, 2.45) is 0 Å². The van der Waals surface area contributed by atoms with Crippen LogP contribution in [-0.2, 0) is 10.0 Å². The molecule has 0 atom stereocenters. The van der Waals surface area contributed by atoms with Crippen molar-refractivity contribution in [1.29, 1.82) is 5.26 Å². The molecule has 1 aromatic heterocycles. The van der Waals surface area contributed by atoms with E-state index in [-0.39, 0.29) is 27.4 Å². The van der Waals surface area contributed by atoms with Crippen molar-refractivity contribution in [3.63, 3.8) is 0 Å². The number of rotatable bonds is 5. The van der Waals surface area contributed by atoms with Crippen LogP contribution in [0.5, 0.6) is 5.75 Å². The number of nitriles is 1. The Kier molecular flexibility index (Phi) is 5.08. The van der Waals surface area contributed by atoms with Gasteiger partial charge in [-0.15, -0.1) is 0 Å². The molecule has 0 bridgehead atoms. The number of anilines is 1. The first-order valence-electron chi connectivity index (χ1n) is 6.67. The van der Waals surface area contributed by atoms with Gasteiger partial charge in [0.05, 0.1) is 28.4 Å². The standard InChI is InChI=1S/C15H14ClN3O3S/c1-10(2)22-12-3-5-13(6-4-12)23(20,21)19-14-9-18-15(16)7-11(14)8-17/h3-7,9-10,19H,1-2H3. The topological polar surface area (TPSA) is 92.1 Å². The van der Waals surface area contributed by atoms with Crippen LogP contribution in [0.3, 0.4) is 0 Å². The zero-order chi connectivity index (χ0) is 17.0. The number of aromatic nitrogens is 1. The molecule has 1 N–H and O–H groups in total. The highest BCUT2D eigenvalue weighted by Crippen LogP contribution is 2.22. The number of nitrogens with zero attached hydrogens (tertiary/aromatic N) is 2. The average molecular weight is 352 g/mol. The Morgan fingerprint density at radius 3 is 2.52 bits per heavy atom. The van der Waals surface area contributed by atoms with Gasteiger partial charge < -0.3 is 4.74 Å². The van der Waals surface area contributed by atoms with Gasteiger partial charge in [-0.2, -0.15) is 5.26 Å². The van der Waals surface area contributed by atoms with Gasteiger partial charge in [-0.05, 0) is 44.2 Å². The van der Waals surface area contributed by atoms with Crippen molar-refractivity contribution in [3.8, 4) is 11.8 Å². The van der Waals surface area contributed by atoms with E-state index < -0.39 is 10.0 Å². The molecule has 6 nitrogen and oxygen atoms in total. The lowest BCUT2D eigenvalue weighted by Gasteiger charge is -2.12.